The van der Waals surface area contributed by atoms with Gasteiger partial charge in [0.05, 0.1) is 4.90 Å². The van der Waals surface area contributed by atoms with Crippen LogP contribution < -0.4 is 10.0 Å². The summed E-state index contributed by atoms with van der Waals surface area (Å²) in [6.45, 7) is 1.75. The SMILES string of the molecule is Cc1ccnc(NS(=O)(=O)c2ccc(NC(=O)C3CCC3)cc2)n1. The summed E-state index contributed by atoms with van der Waals surface area (Å²) in [5.74, 6) is 0.0917. The highest BCUT2D eigenvalue weighted by Crippen LogP contribution is 2.27. The summed E-state index contributed by atoms with van der Waals surface area (Å²) < 4.78 is 27.0. The zero-order valence-electron chi connectivity index (χ0n) is 13.2. The van der Waals surface area contributed by atoms with Gasteiger partial charge in [-0.2, -0.15) is 0 Å². The molecule has 1 heterocycles. The van der Waals surface area contributed by atoms with Crippen molar-refractivity contribution >= 4 is 27.6 Å². The fraction of sp³-hybridized carbons (Fsp3) is 0.312. The monoisotopic (exact) mass is 346 g/mol. The zero-order valence-corrected chi connectivity index (χ0v) is 14.0. The first kappa shape index (κ1) is 16.4. The van der Waals surface area contributed by atoms with Crippen LogP contribution in [0.15, 0.2) is 41.4 Å². The van der Waals surface area contributed by atoms with Gasteiger partial charge in [0.25, 0.3) is 10.0 Å². The molecule has 2 aromatic rings. The molecule has 0 aliphatic heterocycles. The van der Waals surface area contributed by atoms with E-state index in [2.05, 4.69) is 20.0 Å². The molecule has 0 saturated heterocycles. The van der Waals surface area contributed by atoms with E-state index in [0.29, 0.717) is 11.4 Å². The zero-order chi connectivity index (χ0) is 17.2. The van der Waals surface area contributed by atoms with Crippen molar-refractivity contribution in [3.8, 4) is 0 Å². The lowest BCUT2D eigenvalue weighted by Gasteiger charge is -2.24. The predicted molar refractivity (Wildman–Crippen MR) is 90.0 cm³/mol. The molecule has 1 fully saturated rings. The second-order valence-electron chi connectivity index (χ2n) is 5.77. The van der Waals surface area contributed by atoms with Gasteiger partial charge in [-0.3, -0.25) is 4.79 Å². The van der Waals surface area contributed by atoms with Gasteiger partial charge in [-0.25, -0.2) is 23.1 Å². The van der Waals surface area contributed by atoms with Crippen LogP contribution in [0.1, 0.15) is 25.0 Å². The van der Waals surface area contributed by atoms with Gasteiger partial charge in [-0.15, -0.1) is 0 Å². The molecule has 1 aliphatic rings. The second-order valence-corrected chi connectivity index (χ2v) is 7.45. The fourth-order valence-electron chi connectivity index (χ4n) is 2.31. The molecule has 1 aromatic carbocycles. The van der Waals surface area contributed by atoms with E-state index in [-0.39, 0.29) is 22.7 Å². The average molecular weight is 346 g/mol. The third-order valence-electron chi connectivity index (χ3n) is 3.93. The second kappa shape index (κ2) is 6.56. The predicted octanol–water partition coefficient (Wildman–Crippen LogP) is 2.32. The van der Waals surface area contributed by atoms with Gasteiger partial charge in [0, 0.05) is 23.5 Å². The molecule has 1 saturated carbocycles. The summed E-state index contributed by atoms with van der Waals surface area (Å²) in [6.07, 6.45) is 4.40. The van der Waals surface area contributed by atoms with Gasteiger partial charge in [0.15, 0.2) is 0 Å². The molecule has 24 heavy (non-hydrogen) atoms. The Morgan fingerprint density at radius 3 is 2.46 bits per heavy atom. The van der Waals surface area contributed by atoms with E-state index in [1.165, 1.54) is 18.3 Å². The first-order chi connectivity index (χ1) is 11.4. The van der Waals surface area contributed by atoms with Gasteiger partial charge in [0.2, 0.25) is 11.9 Å². The molecule has 1 amide bonds. The number of amides is 1. The van der Waals surface area contributed by atoms with E-state index >= 15 is 0 Å². The number of aromatic nitrogens is 2. The maximum atomic E-state index is 12.3. The van der Waals surface area contributed by atoms with Crippen molar-refractivity contribution in [2.24, 2.45) is 5.92 Å². The van der Waals surface area contributed by atoms with E-state index < -0.39 is 10.0 Å². The topological polar surface area (TPSA) is 101 Å². The molecule has 1 aromatic heterocycles. The van der Waals surface area contributed by atoms with E-state index in [0.717, 1.165) is 19.3 Å². The first-order valence-corrected chi connectivity index (χ1v) is 9.16. The highest BCUT2D eigenvalue weighted by atomic mass is 32.2. The quantitative estimate of drug-likeness (QED) is 0.865. The van der Waals surface area contributed by atoms with Crippen molar-refractivity contribution in [1.82, 2.24) is 9.97 Å². The van der Waals surface area contributed by atoms with Crippen LogP contribution in [-0.4, -0.2) is 24.3 Å². The number of hydrogen-bond donors (Lipinski definition) is 2. The van der Waals surface area contributed by atoms with Crippen molar-refractivity contribution in [3.05, 3.63) is 42.2 Å². The van der Waals surface area contributed by atoms with Gasteiger partial charge in [-0.1, -0.05) is 6.42 Å². The number of anilines is 2. The maximum absolute atomic E-state index is 12.3. The number of rotatable bonds is 5. The number of aryl methyl sites for hydroxylation is 1. The van der Waals surface area contributed by atoms with Gasteiger partial charge in [-0.05, 0) is 50.1 Å². The molecule has 0 atom stereocenters. The van der Waals surface area contributed by atoms with Crippen LogP contribution >= 0.6 is 0 Å². The van der Waals surface area contributed by atoms with Gasteiger partial charge >= 0.3 is 0 Å². The van der Waals surface area contributed by atoms with Crippen molar-refractivity contribution in [1.29, 1.82) is 0 Å². The molecule has 3 rings (SSSR count). The highest BCUT2D eigenvalue weighted by Gasteiger charge is 2.25. The lowest BCUT2D eigenvalue weighted by molar-refractivity contribution is -0.122. The Kier molecular flexibility index (Phi) is 4.48. The summed E-state index contributed by atoms with van der Waals surface area (Å²) in [4.78, 5) is 19.9. The van der Waals surface area contributed by atoms with Crippen LogP contribution in [0.5, 0.6) is 0 Å². The Morgan fingerprint density at radius 1 is 1.17 bits per heavy atom. The number of sulfonamides is 1. The Morgan fingerprint density at radius 2 is 1.88 bits per heavy atom. The lowest BCUT2D eigenvalue weighted by atomic mass is 9.85. The molecule has 8 heteroatoms. The minimum Gasteiger partial charge on any atom is -0.326 e. The summed E-state index contributed by atoms with van der Waals surface area (Å²) >= 11 is 0. The standard InChI is InChI=1S/C16H18N4O3S/c1-11-9-10-17-16(18-11)20-24(22,23)14-7-5-13(6-8-14)19-15(21)12-3-2-4-12/h5-10,12H,2-4H2,1H3,(H,19,21)(H,17,18,20). The largest absolute Gasteiger partial charge is 0.326 e. The number of nitrogens with one attached hydrogen (secondary N) is 2. The molecule has 126 valence electrons. The number of hydrogen-bond acceptors (Lipinski definition) is 5. The number of nitrogens with zero attached hydrogens (tertiary/aromatic N) is 2. The van der Waals surface area contributed by atoms with Gasteiger partial charge < -0.3 is 5.32 Å². The molecule has 0 spiro atoms. The smallest absolute Gasteiger partial charge is 0.264 e. The van der Waals surface area contributed by atoms with Crippen molar-refractivity contribution in [2.75, 3.05) is 10.0 Å². The molecule has 1 aliphatic carbocycles. The van der Waals surface area contributed by atoms with Crippen LogP contribution in [0.3, 0.4) is 0 Å². The summed E-state index contributed by atoms with van der Waals surface area (Å²) in [7, 11) is -3.77. The third-order valence-corrected chi connectivity index (χ3v) is 5.27. The van der Waals surface area contributed by atoms with Crippen molar-refractivity contribution in [3.63, 3.8) is 0 Å². The summed E-state index contributed by atoms with van der Waals surface area (Å²) in [5, 5.41) is 2.80. The number of benzene rings is 1. The highest BCUT2D eigenvalue weighted by molar-refractivity contribution is 7.92. The molecular weight excluding hydrogens is 328 g/mol. The van der Waals surface area contributed by atoms with Crippen LogP contribution in [-0.2, 0) is 14.8 Å². The van der Waals surface area contributed by atoms with Crippen LogP contribution in [0.4, 0.5) is 11.6 Å². The van der Waals surface area contributed by atoms with E-state index in [9.17, 15) is 13.2 Å². The molecule has 0 radical (unpaired) electrons. The average Bonchev–Trinajstić information content (AvgIpc) is 2.45. The summed E-state index contributed by atoms with van der Waals surface area (Å²) in [5.41, 5.74) is 1.24. The normalized spacial score (nSPS) is 14.7. The Bertz CT molecular complexity index is 846. The Balaban J connectivity index is 1.70. The van der Waals surface area contributed by atoms with E-state index in [1.807, 2.05) is 0 Å². The van der Waals surface area contributed by atoms with Crippen molar-refractivity contribution in [2.45, 2.75) is 31.1 Å². The molecule has 7 nitrogen and oxygen atoms in total. The minimum absolute atomic E-state index is 0.0110. The molecular formula is C16H18N4O3S. The Labute approximate surface area is 140 Å². The van der Waals surface area contributed by atoms with E-state index in [4.69, 9.17) is 0 Å². The van der Waals surface area contributed by atoms with Crippen LogP contribution in [0.2, 0.25) is 0 Å². The fourth-order valence-corrected chi connectivity index (χ4v) is 3.26. The molecule has 2 N–H and O–H groups in total. The number of carbonyl (C=O) groups excluding carboxylic acids is 1. The Hall–Kier alpha value is -2.48. The first-order valence-electron chi connectivity index (χ1n) is 7.67. The van der Waals surface area contributed by atoms with Crippen molar-refractivity contribution < 1.29 is 13.2 Å². The summed E-state index contributed by atoms with van der Waals surface area (Å²) in [6, 6.07) is 7.70. The lowest BCUT2D eigenvalue weighted by Crippen LogP contribution is -2.28. The van der Waals surface area contributed by atoms with Gasteiger partial charge in [0.1, 0.15) is 0 Å². The molecule has 0 bridgehead atoms. The number of carbonyl (C=O) groups is 1. The minimum atomic E-state index is -3.77. The molecule has 0 unspecified atom stereocenters. The maximum Gasteiger partial charge on any atom is 0.264 e. The van der Waals surface area contributed by atoms with E-state index in [1.54, 1.807) is 25.1 Å². The van der Waals surface area contributed by atoms with Crippen LogP contribution in [0, 0.1) is 12.8 Å². The third kappa shape index (κ3) is 3.70. The van der Waals surface area contributed by atoms with Crippen LogP contribution in [0.25, 0.3) is 0 Å².